The highest BCUT2D eigenvalue weighted by atomic mass is 16.2. The first-order valence-electron chi connectivity index (χ1n) is 9.73. The van der Waals surface area contributed by atoms with Gasteiger partial charge in [0.25, 0.3) is 5.91 Å². The molecule has 0 spiro atoms. The van der Waals surface area contributed by atoms with E-state index in [1.807, 2.05) is 6.92 Å². The smallest absolute Gasteiger partial charge is 0.251 e. The highest BCUT2D eigenvalue weighted by molar-refractivity contribution is 5.92. The molecular formula is C18H33N5O4. The van der Waals surface area contributed by atoms with Crippen LogP contribution in [0.25, 0.3) is 0 Å². The summed E-state index contributed by atoms with van der Waals surface area (Å²) in [6.07, 6.45) is 4.70. The van der Waals surface area contributed by atoms with Crippen molar-refractivity contribution in [1.29, 1.82) is 0 Å². The van der Waals surface area contributed by atoms with Gasteiger partial charge in [-0.3, -0.25) is 24.1 Å². The van der Waals surface area contributed by atoms with Gasteiger partial charge in [-0.25, -0.2) is 0 Å². The SMILES string of the molecule is CCCN(C(=O)CCCCN)C1CN(C=O)C(=O)C(CCCCN)N1C=O. The first-order chi connectivity index (χ1) is 13.0. The summed E-state index contributed by atoms with van der Waals surface area (Å²) in [7, 11) is 0. The van der Waals surface area contributed by atoms with Crippen molar-refractivity contribution in [3.05, 3.63) is 0 Å². The summed E-state index contributed by atoms with van der Waals surface area (Å²) in [4.78, 5) is 52.7. The lowest BCUT2D eigenvalue weighted by molar-refractivity contribution is -0.165. The summed E-state index contributed by atoms with van der Waals surface area (Å²) in [6, 6.07) is -0.755. The molecule has 0 bridgehead atoms. The largest absolute Gasteiger partial charge is 0.330 e. The van der Waals surface area contributed by atoms with Gasteiger partial charge in [0, 0.05) is 13.0 Å². The van der Waals surface area contributed by atoms with Crippen LogP contribution in [-0.2, 0) is 19.2 Å². The van der Waals surface area contributed by atoms with Gasteiger partial charge in [-0.05, 0) is 51.6 Å². The molecule has 9 heteroatoms. The number of carbonyl (C=O) groups is 4. The van der Waals surface area contributed by atoms with E-state index >= 15 is 0 Å². The second-order valence-corrected chi connectivity index (χ2v) is 6.76. The van der Waals surface area contributed by atoms with Gasteiger partial charge in [-0.2, -0.15) is 0 Å². The van der Waals surface area contributed by atoms with E-state index in [9.17, 15) is 19.2 Å². The Hall–Kier alpha value is -2.00. The predicted octanol–water partition coefficient (Wildman–Crippen LogP) is -0.365. The number of nitrogens with zero attached hydrogens (tertiary/aromatic N) is 3. The first kappa shape index (κ1) is 23.0. The zero-order valence-electron chi connectivity index (χ0n) is 16.2. The minimum absolute atomic E-state index is 0.00289. The Labute approximate surface area is 161 Å². The van der Waals surface area contributed by atoms with Crippen LogP contribution in [-0.4, -0.2) is 77.7 Å². The molecule has 4 N–H and O–H groups in total. The average molecular weight is 383 g/mol. The molecule has 2 unspecified atom stereocenters. The fourth-order valence-corrected chi connectivity index (χ4v) is 3.38. The van der Waals surface area contributed by atoms with Crippen LogP contribution in [0.15, 0.2) is 0 Å². The third-order valence-corrected chi connectivity index (χ3v) is 4.80. The van der Waals surface area contributed by atoms with Gasteiger partial charge in [0.1, 0.15) is 12.2 Å². The molecule has 1 saturated heterocycles. The number of nitrogens with two attached hydrogens (primary N) is 2. The Balaban J connectivity index is 3.05. The zero-order chi connectivity index (χ0) is 20.2. The van der Waals surface area contributed by atoms with Gasteiger partial charge in [-0.15, -0.1) is 0 Å². The number of amides is 4. The normalized spacial score (nSPS) is 19.9. The van der Waals surface area contributed by atoms with Crippen molar-refractivity contribution in [2.45, 2.75) is 64.1 Å². The molecule has 0 saturated carbocycles. The van der Waals surface area contributed by atoms with Crippen LogP contribution in [0.5, 0.6) is 0 Å². The van der Waals surface area contributed by atoms with Crippen molar-refractivity contribution in [1.82, 2.24) is 14.7 Å². The minimum Gasteiger partial charge on any atom is -0.330 e. The van der Waals surface area contributed by atoms with Crippen molar-refractivity contribution in [2.75, 3.05) is 26.2 Å². The monoisotopic (exact) mass is 383 g/mol. The van der Waals surface area contributed by atoms with Crippen molar-refractivity contribution < 1.29 is 19.2 Å². The summed E-state index contributed by atoms with van der Waals surface area (Å²) in [5.74, 6) is -0.500. The van der Waals surface area contributed by atoms with E-state index in [1.165, 1.54) is 4.90 Å². The van der Waals surface area contributed by atoms with Crippen molar-refractivity contribution >= 4 is 24.6 Å². The first-order valence-corrected chi connectivity index (χ1v) is 9.73. The van der Waals surface area contributed by atoms with E-state index in [0.29, 0.717) is 64.6 Å². The number of unbranched alkanes of at least 4 members (excludes halogenated alkanes) is 2. The minimum atomic E-state index is -0.755. The van der Waals surface area contributed by atoms with Gasteiger partial charge in [0.2, 0.25) is 18.7 Å². The number of imide groups is 1. The number of carbonyl (C=O) groups excluding carboxylic acids is 4. The molecular weight excluding hydrogens is 350 g/mol. The van der Waals surface area contributed by atoms with Gasteiger partial charge >= 0.3 is 0 Å². The third kappa shape index (κ3) is 6.28. The lowest BCUT2D eigenvalue weighted by Crippen LogP contribution is -2.66. The quantitative estimate of drug-likeness (QED) is 0.330. The number of hydrogen-bond donors (Lipinski definition) is 2. The molecule has 1 aliphatic rings. The molecule has 27 heavy (non-hydrogen) atoms. The number of piperazine rings is 1. The average Bonchev–Trinajstić information content (AvgIpc) is 2.67. The third-order valence-electron chi connectivity index (χ3n) is 4.80. The van der Waals surface area contributed by atoms with Gasteiger partial charge < -0.3 is 21.3 Å². The van der Waals surface area contributed by atoms with E-state index in [0.717, 1.165) is 17.7 Å². The second kappa shape index (κ2) is 12.4. The van der Waals surface area contributed by atoms with Crippen molar-refractivity contribution in [3.8, 4) is 0 Å². The predicted molar refractivity (Wildman–Crippen MR) is 101 cm³/mol. The van der Waals surface area contributed by atoms with Crippen LogP contribution in [0.1, 0.15) is 51.9 Å². The fraction of sp³-hybridized carbons (Fsp3) is 0.778. The van der Waals surface area contributed by atoms with Crippen LogP contribution < -0.4 is 11.5 Å². The maximum absolute atomic E-state index is 12.7. The maximum atomic E-state index is 12.7. The van der Waals surface area contributed by atoms with E-state index in [2.05, 4.69) is 0 Å². The molecule has 2 atom stereocenters. The highest BCUT2D eigenvalue weighted by Crippen LogP contribution is 2.23. The van der Waals surface area contributed by atoms with Crippen molar-refractivity contribution in [3.63, 3.8) is 0 Å². The molecule has 0 aromatic heterocycles. The molecule has 0 radical (unpaired) electrons. The van der Waals surface area contributed by atoms with Gasteiger partial charge in [0.05, 0.1) is 6.54 Å². The molecule has 154 valence electrons. The van der Waals surface area contributed by atoms with Crippen LogP contribution in [0.4, 0.5) is 0 Å². The number of hydrogen-bond acceptors (Lipinski definition) is 6. The molecule has 4 amide bonds. The van der Waals surface area contributed by atoms with E-state index < -0.39 is 18.1 Å². The molecule has 0 aromatic carbocycles. The Kier molecular flexibility index (Phi) is 10.6. The van der Waals surface area contributed by atoms with Crippen LogP contribution in [0.2, 0.25) is 0 Å². The van der Waals surface area contributed by atoms with Crippen LogP contribution >= 0.6 is 0 Å². The standard InChI is InChI=1S/C18H33N5O4/c1-2-11-22(17(26)8-4-6-10-20)16-12-21(13-24)18(27)15(23(16)14-25)7-3-5-9-19/h13-16H,2-12,19-20H2,1H3. The molecule has 1 heterocycles. The maximum Gasteiger partial charge on any atom is 0.251 e. The molecule has 9 nitrogen and oxygen atoms in total. The molecule has 1 rings (SSSR count). The second-order valence-electron chi connectivity index (χ2n) is 6.76. The van der Waals surface area contributed by atoms with E-state index in [-0.39, 0.29) is 12.5 Å². The summed E-state index contributed by atoms with van der Waals surface area (Å²) in [6.45, 7) is 3.39. The molecule has 0 aromatic rings. The topological polar surface area (TPSA) is 130 Å². The van der Waals surface area contributed by atoms with Crippen molar-refractivity contribution in [2.24, 2.45) is 11.5 Å². The summed E-state index contributed by atoms with van der Waals surface area (Å²) < 4.78 is 0. The zero-order valence-corrected chi connectivity index (χ0v) is 16.2. The Morgan fingerprint density at radius 3 is 2.37 bits per heavy atom. The Bertz CT molecular complexity index is 502. The summed E-state index contributed by atoms with van der Waals surface area (Å²) in [5.41, 5.74) is 11.0. The van der Waals surface area contributed by atoms with Crippen LogP contribution in [0, 0.1) is 0 Å². The summed E-state index contributed by atoms with van der Waals surface area (Å²) >= 11 is 0. The fourth-order valence-electron chi connectivity index (χ4n) is 3.38. The highest BCUT2D eigenvalue weighted by Gasteiger charge is 2.43. The summed E-state index contributed by atoms with van der Waals surface area (Å²) in [5, 5.41) is 0. The lowest BCUT2D eigenvalue weighted by atomic mass is 10.0. The molecule has 0 aliphatic carbocycles. The molecule has 1 fully saturated rings. The Morgan fingerprint density at radius 2 is 1.81 bits per heavy atom. The van der Waals surface area contributed by atoms with E-state index in [1.54, 1.807) is 4.90 Å². The van der Waals surface area contributed by atoms with Gasteiger partial charge in [0.15, 0.2) is 0 Å². The van der Waals surface area contributed by atoms with E-state index in [4.69, 9.17) is 11.5 Å². The van der Waals surface area contributed by atoms with Crippen LogP contribution in [0.3, 0.4) is 0 Å². The Morgan fingerprint density at radius 1 is 1.15 bits per heavy atom. The number of rotatable bonds is 13. The van der Waals surface area contributed by atoms with Gasteiger partial charge in [-0.1, -0.05) is 6.92 Å². The molecule has 1 aliphatic heterocycles. The lowest BCUT2D eigenvalue weighted by Gasteiger charge is -2.47.